The molecule has 88 heavy (non-hydrogen) atoms. The van der Waals surface area contributed by atoms with Gasteiger partial charge >= 0.3 is 30.9 Å². The summed E-state index contributed by atoms with van der Waals surface area (Å²) < 4.78 is 224. The third kappa shape index (κ3) is 10.3. The van der Waals surface area contributed by atoms with Crippen molar-refractivity contribution in [2.75, 3.05) is 0 Å². The Morgan fingerprint density at radius 1 is 0.318 bits per heavy atom. The van der Waals surface area contributed by atoms with E-state index >= 15 is 26.3 Å². The molecule has 0 amide bonds. The number of rotatable bonds is 7. The predicted octanol–water partition coefficient (Wildman–Crippen LogP) is 23.1. The van der Waals surface area contributed by atoms with E-state index < -0.39 is 58.7 Å². The number of alkyl halides is 15. The van der Waals surface area contributed by atoms with E-state index in [1.165, 1.54) is 104 Å². The largest absolute Gasteiger partial charge is 0.417 e. The summed E-state index contributed by atoms with van der Waals surface area (Å²) in [6.07, 6.45) is -24.2. The van der Waals surface area contributed by atoms with Gasteiger partial charge in [-0.3, -0.25) is 0 Å². The minimum Gasteiger partial charge on any atom is -0.308 e. The molecule has 12 aromatic rings. The Hall–Kier alpha value is -9.76. The van der Waals surface area contributed by atoms with Crippen LogP contribution in [0.3, 0.4) is 0 Å². The first kappa shape index (κ1) is 58.6. The molecular formula is C70H42F15N3. The van der Waals surface area contributed by atoms with Crippen molar-refractivity contribution in [3.8, 4) is 67.0 Å². The number of hydrogen-bond donors (Lipinski definition) is 0. The van der Waals surface area contributed by atoms with E-state index in [1.54, 1.807) is 60.7 Å². The molecular weight excluding hydrogens is 1170 g/mol. The molecule has 0 saturated heterocycles. The van der Waals surface area contributed by atoms with E-state index in [-0.39, 0.29) is 83.6 Å². The maximum absolute atomic E-state index is 16.3. The Bertz CT molecular complexity index is 4780. The number of benzene rings is 10. The number of fused-ring (bicyclic) bond motifs is 6. The monoisotopic (exact) mass is 1210 g/mol. The minimum absolute atomic E-state index is 0.00355. The van der Waals surface area contributed by atoms with Crippen LogP contribution in [0.2, 0.25) is 0 Å². The second kappa shape index (κ2) is 20.7. The van der Waals surface area contributed by atoms with E-state index in [2.05, 4.69) is 4.85 Å². The molecule has 2 aromatic heterocycles. The molecule has 0 spiro atoms. The van der Waals surface area contributed by atoms with Crippen molar-refractivity contribution < 1.29 is 65.9 Å². The highest BCUT2D eigenvalue weighted by Crippen LogP contribution is 2.49. The number of aryl methyl sites for hydroxylation is 4. The third-order valence-electron chi connectivity index (χ3n) is 16.1. The molecule has 0 radical (unpaired) electrons. The average Bonchev–Trinajstić information content (AvgIpc) is 1.55. The number of halogens is 15. The second-order valence-electron chi connectivity index (χ2n) is 21.8. The van der Waals surface area contributed by atoms with Crippen molar-refractivity contribution in [2.24, 2.45) is 0 Å². The Morgan fingerprint density at radius 3 is 1.00 bits per heavy atom. The van der Waals surface area contributed by atoms with Crippen molar-refractivity contribution in [1.29, 1.82) is 0 Å². The van der Waals surface area contributed by atoms with E-state index in [1.807, 2.05) is 0 Å². The van der Waals surface area contributed by atoms with Gasteiger partial charge in [0.25, 0.3) is 0 Å². The van der Waals surface area contributed by atoms with Crippen LogP contribution in [0.25, 0.3) is 115 Å². The molecule has 12 rings (SSSR count). The zero-order chi connectivity index (χ0) is 62.9. The first-order valence-corrected chi connectivity index (χ1v) is 27.0. The van der Waals surface area contributed by atoms with Crippen LogP contribution in [-0.4, -0.2) is 9.13 Å². The van der Waals surface area contributed by atoms with Crippen molar-refractivity contribution in [2.45, 2.75) is 58.6 Å². The Morgan fingerprint density at radius 2 is 0.670 bits per heavy atom. The van der Waals surface area contributed by atoms with Gasteiger partial charge in [0.15, 0.2) is 5.69 Å². The van der Waals surface area contributed by atoms with Gasteiger partial charge in [0.2, 0.25) is 0 Å². The SMILES string of the molecule is [C-]#[N+]c1cccc(-c2c(-n3c4cc(-c5ccc(C(F)(F)F)cc5C)ccc4c4ccc(-c5ccc(C(F)(F)F)cc5C)cc43)cc(C(F)(F)F)cc2-n2c3cc(-c4ccc(C(F)(F)F)cc4C)ccc3c3ccc(-c4ccc(C)cc4C(F)(F)F)cc32)c1. The normalized spacial score (nSPS) is 12.7. The lowest BCUT2D eigenvalue weighted by Crippen LogP contribution is -2.11. The lowest BCUT2D eigenvalue weighted by atomic mass is 9.95. The van der Waals surface area contributed by atoms with Gasteiger partial charge in [-0.2, -0.15) is 65.9 Å². The Labute approximate surface area is 491 Å². The van der Waals surface area contributed by atoms with Crippen LogP contribution in [0.1, 0.15) is 50.1 Å². The molecule has 18 heteroatoms. The predicted molar refractivity (Wildman–Crippen MR) is 313 cm³/mol. The van der Waals surface area contributed by atoms with Gasteiger partial charge in [-0.05, 0) is 179 Å². The smallest absolute Gasteiger partial charge is 0.308 e. The van der Waals surface area contributed by atoms with E-state index in [0.29, 0.717) is 54.9 Å². The fraction of sp³-hybridized carbons (Fsp3) is 0.129. The maximum atomic E-state index is 16.3. The van der Waals surface area contributed by atoms with Crippen LogP contribution in [0.15, 0.2) is 182 Å². The zero-order valence-electron chi connectivity index (χ0n) is 46.3. The molecule has 2 heterocycles. The second-order valence-corrected chi connectivity index (χ2v) is 21.8. The molecule has 0 aliphatic heterocycles. The van der Waals surface area contributed by atoms with Gasteiger partial charge in [0.05, 0.1) is 67.8 Å². The maximum Gasteiger partial charge on any atom is 0.417 e. The number of aromatic nitrogens is 2. The zero-order valence-corrected chi connectivity index (χ0v) is 46.3. The fourth-order valence-electron chi connectivity index (χ4n) is 12.0. The molecule has 0 aliphatic carbocycles. The minimum atomic E-state index is -5.19. The van der Waals surface area contributed by atoms with Crippen LogP contribution in [0, 0.1) is 34.3 Å². The highest BCUT2D eigenvalue weighted by atomic mass is 19.4. The molecule has 0 saturated carbocycles. The molecule has 3 nitrogen and oxygen atoms in total. The quantitative estimate of drug-likeness (QED) is 0.112. The van der Waals surface area contributed by atoms with Gasteiger partial charge < -0.3 is 9.13 Å². The molecule has 0 aliphatic rings. The number of nitrogens with zero attached hydrogens (tertiary/aromatic N) is 3. The summed E-state index contributed by atoms with van der Waals surface area (Å²) in [4.78, 5) is 3.65. The third-order valence-corrected chi connectivity index (χ3v) is 16.1. The van der Waals surface area contributed by atoms with Crippen molar-refractivity contribution in [3.05, 3.63) is 243 Å². The van der Waals surface area contributed by atoms with Gasteiger partial charge in [-0.1, -0.05) is 103 Å². The fourth-order valence-corrected chi connectivity index (χ4v) is 12.0. The molecule has 0 atom stereocenters. The Kier molecular flexibility index (Phi) is 13.8. The lowest BCUT2D eigenvalue weighted by Gasteiger charge is -2.23. The summed E-state index contributed by atoms with van der Waals surface area (Å²) in [6.45, 7) is 14.0. The average molecular weight is 1210 g/mol. The first-order chi connectivity index (χ1) is 41.4. The summed E-state index contributed by atoms with van der Waals surface area (Å²) >= 11 is 0. The molecule has 0 N–H and O–H groups in total. The molecule has 0 fully saturated rings. The summed E-state index contributed by atoms with van der Waals surface area (Å²) in [5.41, 5.74) is -2.22. The molecule has 10 aromatic carbocycles. The van der Waals surface area contributed by atoms with Crippen LogP contribution in [0.5, 0.6) is 0 Å². The number of hydrogen-bond acceptors (Lipinski definition) is 0. The van der Waals surface area contributed by atoms with Gasteiger partial charge in [0, 0.05) is 27.1 Å². The highest BCUT2D eigenvalue weighted by Gasteiger charge is 2.38. The molecule has 442 valence electrons. The summed E-state index contributed by atoms with van der Waals surface area (Å²) in [5, 5.41) is 1.52. The lowest BCUT2D eigenvalue weighted by molar-refractivity contribution is -0.138. The van der Waals surface area contributed by atoms with Crippen LogP contribution in [-0.2, 0) is 30.9 Å². The topological polar surface area (TPSA) is 14.2 Å². The highest BCUT2D eigenvalue weighted by molar-refractivity contribution is 6.14. The summed E-state index contributed by atoms with van der Waals surface area (Å²) in [6, 6.07) is 39.7. The standard InChI is InChI=1S/C70H42F15N3/c1-36-9-17-53(58(25-36)70(83,84)85)43-13-21-57-56-20-12-42(52-24-16-47(28-39(52)4)68(77,78)79)32-61(56)88(62(57)33-43)64-35-48(69(80,81)82)34-63(65(64)44-7-6-8-49(29-44)86-5)87-59-30-40(50-22-14-45(26-37(50)2)66(71,72)73)10-18-54(59)55-19-11-41(31-60(55)87)51-23-15-46(27-38(51)3)67(74,75)76/h6-35H,1-4H3. The molecule has 0 unspecified atom stereocenters. The van der Waals surface area contributed by atoms with Crippen molar-refractivity contribution in [1.82, 2.24) is 9.13 Å². The van der Waals surface area contributed by atoms with Crippen molar-refractivity contribution in [3.63, 3.8) is 0 Å². The van der Waals surface area contributed by atoms with Gasteiger partial charge in [-0.25, -0.2) is 4.85 Å². The van der Waals surface area contributed by atoms with Crippen molar-refractivity contribution >= 4 is 49.3 Å². The van der Waals surface area contributed by atoms with E-state index in [0.717, 1.165) is 54.6 Å². The van der Waals surface area contributed by atoms with E-state index in [4.69, 9.17) is 6.57 Å². The summed E-state index contributed by atoms with van der Waals surface area (Å²) in [5.74, 6) is 0. The van der Waals surface area contributed by atoms with Gasteiger partial charge in [0.1, 0.15) is 0 Å². The molecule has 0 bridgehead atoms. The summed E-state index contributed by atoms with van der Waals surface area (Å²) in [7, 11) is 0. The van der Waals surface area contributed by atoms with Gasteiger partial charge in [-0.15, -0.1) is 0 Å². The Balaban J connectivity index is 1.26. The van der Waals surface area contributed by atoms with Crippen LogP contribution >= 0.6 is 0 Å². The first-order valence-electron chi connectivity index (χ1n) is 27.0. The van der Waals surface area contributed by atoms with Crippen LogP contribution < -0.4 is 0 Å². The van der Waals surface area contributed by atoms with E-state index in [9.17, 15) is 39.5 Å². The van der Waals surface area contributed by atoms with Crippen LogP contribution in [0.4, 0.5) is 71.5 Å².